The van der Waals surface area contributed by atoms with E-state index in [1.54, 1.807) is 0 Å². The largest absolute Gasteiger partial charge is 0.507 e. The number of carbonyl (C=O) groups excluding carboxylic acids is 1. The lowest BCUT2D eigenvalue weighted by Gasteiger charge is -2.12. The minimum atomic E-state index is -0.752. The Bertz CT molecular complexity index is 375. The summed E-state index contributed by atoms with van der Waals surface area (Å²) in [5.41, 5.74) is -0.344. The van der Waals surface area contributed by atoms with E-state index >= 15 is 0 Å². The van der Waals surface area contributed by atoms with Crippen LogP contribution in [0.3, 0.4) is 0 Å². The van der Waals surface area contributed by atoms with Crippen molar-refractivity contribution in [1.29, 1.82) is 0 Å². The Morgan fingerprint density at radius 2 is 2.24 bits per heavy atom. The van der Waals surface area contributed by atoms with Crippen LogP contribution in [-0.4, -0.2) is 29.3 Å². The normalized spacial score (nSPS) is 12.2. The summed E-state index contributed by atoms with van der Waals surface area (Å²) in [5.74, 6) is -1.68. The number of hydrogen-bond donors (Lipinski definition) is 3. The van der Waals surface area contributed by atoms with Gasteiger partial charge in [-0.3, -0.25) is 4.79 Å². The van der Waals surface area contributed by atoms with E-state index in [2.05, 4.69) is 5.32 Å². The molecule has 0 aliphatic rings. The van der Waals surface area contributed by atoms with Crippen LogP contribution in [0.2, 0.25) is 0 Å². The van der Waals surface area contributed by atoms with Crippen molar-refractivity contribution >= 4 is 5.91 Å². The molecular weight excluding hydrogens is 225 g/mol. The van der Waals surface area contributed by atoms with Crippen molar-refractivity contribution in [2.45, 2.75) is 13.3 Å². The zero-order valence-corrected chi connectivity index (χ0v) is 9.61. The molecule has 0 aliphatic heterocycles. The van der Waals surface area contributed by atoms with Gasteiger partial charge in [0.2, 0.25) is 0 Å². The van der Waals surface area contributed by atoms with Crippen LogP contribution in [0.5, 0.6) is 5.75 Å². The van der Waals surface area contributed by atoms with Crippen molar-refractivity contribution in [3.63, 3.8) is 0 Å². The molecule has 17 heavy (non-hydrogen) atoms. The predicted octanol–water partition coefficient (Wildman–Crippen LogP) is 1.28. The maximum absolute atomic E-state index is 13.3. The van der Waals surface area contributed by atoms with Crippen LogP contribution in [0.1, 0.15) is 23.7 Å². The monoisotopic (exact) mass is 241 g/mol. The molecule has 0 unspecified atom stereocenters. The average molecular weight is 241 g/mol. The third-order valence-corrected chi connectivity index (χ3v) is 2.45. The summed E-state index contributed by atoms with van der Waals surface area (Å²) in [7, 11) is 0. The Kier molecular flexibility index (Phi) is 4.90. The first-order valence-corrected chi connectivity index (χ1v) is 5.42. The topological polar surface area (TPSA) is 69.6 Å². The van der Waals surface area contributed by atoms with Gasteiger partial charge < -0.3 is 15.5 Å². The average Bonchev–Trinajstić information content (AvgIpc) is 2.26. The van der Waals surface area contributed by atoms with Crippen LogP contribution in [0, 0.1) is 11.7 Å². The lowest BCUT2D eigenvalue weighted by atomic mass is 10.1. The molecule has 3 N–H and O–H groups in total. The minimum absolute atomic E-state index is 0.0436. The molecule has 1 atom stereocenters. The molecular formula is C12H16FNO3. The maximum atomic E-state index is 13.3. The third-order valence-electron chi connectivity index (χ3n) is 2.45. The van der Waals surface area contributed by atoms with Gasteiger partial charge in [0.1, 0.15) is 17.1 Å². The number of halogens is 1. The van der Waals surface area contributed by atoms with E-state index in [0.717, 1.165) is 6.07 Å². The van der Waals surface area contributed by atoms with Crippen molar-refractivity contribution in [3.05, 3.63) is 29.6 Å². The molecule has 1 aromatic carbocycles. The van der Waals surface area contributed by atoms with Crippen LogP contribution >= 0.6 is 0 Å². The molecule has 0 radical (unpaired) electrons. The standard InChI is InChI=1S/C12H16FNO3/c1-8(5-6-15)7-14-12(17)11-9(13)3-2-4-10(11)16/h2-4,8,15-16H,5-7H2,1H3,(H,14,17)/t8-/m0/s1. The summed E-state index contributed by atoms with van der Waals surface area (Å²) in [6.45, 7) is 2.23. The van der Waals surface area contributed by atoms with Crippen molar-refractivity contribution in [3.8, 4) is 5.75 Å². The molecule has 0 heterocycles. The van der Waals surface area contributed by atoms with Gasteiger partial charge in [-0.05, 0) is 24.5 Å². The number of phenolic OH excluding ortho intramolecular Hbond substituents is 1. The minimum Gasteiger partial charge on any atom is -0.507 e. The van der Waals surface area contributed by atoms with Gasteiger partial charge in [-0.25, -0.2) is 4.39 Å². The van der Waals surface area contributed by atoms with Gasteiger partial charge in [-0.1, -0.05) is 13.0 Å². The number of aromatic hydroxyl groups is 1. The summed E-state index contributed by atoms with van der Waals surface area (Å²) in [6, 6.07) is 3.71. The predicted molar refractivity (Wildman–Crippen MR) is 61.3 cm³/mol. The highest BCUT2D eigenvalue weighted by atomic mass is 19.1. The Balaban J connectivity index is 2.64. The van der Waals surface area contributed by atoms with Gasteiger partial charge in [-0.2, -0.15) is 0 Å². The first-order chi connectivity index (χ1) is 8.06. The highest BCUT2D eigenvalue weighted by Crippen LogP contribution is 2.19. The third kappa shape index (κ3) is 3.71. The fourth-order valence-corrected chi connectivity index (χ4v) is 1.42. The highest BCUT2D eigenvalue weighted by molar-refractivity contribution is 5.97. The van der Waals surface area contributed by atoms with Crippen molar-refractivity contribution < 1.29 is 19.4 Å². The number of aliphatic hydroxyl groups is 1. The first-order valence-electron chi connectivity index (χ1n) is 5.42. The molecule has 5 heteroatoms. The number of carbonyl (C=O) groups is 1. The molecule has 4 nitrogen and oxygen atoms in total. The summed E-state index contributed by atoms with van der Waals surface area (Å²) in [6.07, 6.45) is 0.559. The number of rotatable bonds is 5. The lowest BCUT2D eigenvalue weighted by Crippen LogP contribution is -2.29. The van der Waals surface area contributed by atoms with Crippen molar-refractivity contribution in [2.24, 2.45) is 5.92 Å². The maximum Gasteiger partial charge on any atom is 0.258 e. The summed E-state index contributed by atoms with van der Waals surface area (Å²) >= 11 is 0. The molecule has 0 saturated carbocycles. The number of amides is 1. The SMILES string of the molecule is C[C@@H](CCO)CNC(=O)c1c(O)cccc1F. The van der Waals surface area contributed by atoms with Gasteiger partial charge in [0.05, 0.1) is 0 Å². The van der Waals surface area contributed by atoms with E-state index in [4.69, 9.17) is 5.11 Å². The van der Waals surface area contributed by atoms with E-state index < -0.39 is 11.7 Å². The van der Waals surface area contributed by atoms with Crippen LogP contribution < -0.4 is 5.32 Å². The Morgan fingerprint density at radius 3 is 2.82 bits per heavy atom. The molecule has 0 bridgehead atoms. The fraction of sp³-hybridized carbons (Fsp3) is 0.417. The van der Waals surface area contributed by atoms with E-state index in [-0.39, 0.29) is 23.8 Å². The fourth-order valence-electron chi connectivity index (χ4n) is 1.42. The van der Waals surface area contributed by atoms with E-state index in [0.29, 0.717) is 13.0 Å². The van der Waals surface area contributed by atoms with Crippen LogP contribution in [-0.2, 0) is 0 Å². The molecule has 1 amide bonds. The first kappa shape index (κ1) is 13.4. The van der Waals surface area contributed by atoms with Crippen LogP contribution in [0.25, 0.3) is 0 Å². The number of benzene rings is 1. The molecule has 94 valence electrons. The van der Waals surface area contributed by atoms with Gasteiger partial charge in [0.15, 0.2) is 0 Å². The second kappa shape index (κ2) is 6.20. The molecule has 1 aromatic rings. The number of aliphatic hydroxyl groups excluding tert-OH is 1. The van der Waals surface area contributed by atoms with E-state index in [9.17, 15) is 14.3 Å². The van der Waals surface area contributed by atoms with Crippen LogP contribution in [0.4, 0.5) is 4.39 Å². The van der Waals surface area contributed by atoms with Crippen molar-refractivity contribution in [1.82, 2.24) is 5.32 Å². The quantitative estimate of drug-likeness (QED) is 0.727. The smallest absolute Gasteiger partial charge is 0.258 e. The van der Waals surface area contributed by atoms with Gasteiger partial charge in [0, 0.05) is 13.2 Å². The van der Waals surface area contributed by atoms with Gasteiger partial charge >= 0.3 is 0 Å². The molecule has 0 aromatic heterocycles. The molecule has 1 rings (SSSR count). The second-order valence-corrected chi connectivity index (χ2v) is 3.96. The van der Waals surface area contributed by atoms with Crippen LogP contribution in [0.15, 0.2) is 18.2 Å². The second-order valence-electron chi connectivity index (χ2n) is 3.96. The molecule has 0 spiro atoms. The van der Waals surface area contributed by atoms with E-state index in [1.807, 2.05) is 6.92 Å². The van der Waals surface area contributed by atoms with E-state index in [1.165, 1.54) is 12.1 Å². The Morgan fingerprint density at radius 1 is 1.53 bits per heavy atom. The number of hydrogen-bond acceptors (Lipinski definition) is 3. The Labute approximate surface area is 99.1 Å². The van der Waals surface area contributed by atoms with Crippen molar-refractivity contribution in [2.75, 3.05) is 13.2 Å². The Hall–Kier alpha value is -1.62. The summed E-state index contributed by atoms with van der Waals surface area (Å²) < 4.78 is 13.3. The molecule has 0 fully saturated rings. The number of phenols is 1. The number of nitrogens with one attached hydrogen (secondary N) is 1. The zero-order chi connectivity index (χ0) is 12.8. The highest BCUT2D eigenvalue weighted by Gasteiger charge is 2.16. The molecule has 0 aliphatic carbocycles. The summed E-state index contributed by atoms with van der Waals surface area (Å²) in [4.78, 5) is 11.6. The molecule has 0 saturated heterocycles. The lowest BCUT2D eigenvalue weighted by molar-refractivity contribution is 0.0938. The zero-order valence-electron chi connectivity index (χ0n) is 9.61. The van der Waals surface area contributed by atoms with Gasteiger partial charge in [0.25, 0.3) is 5.91 Å². The van der Waals surface area contributed by atoms with Gasteiger partial charge in [-0.15, -0.1) is 0 Å². The summed E-state index contributed by atoms with van der Waals surface area (Å²) in [5, 5.41) is 20.6.